The van der Waals surface area contributed by atoms with Crippen molar-refractivity contribution in [2.24, 2.45) is 11.7 Å². The average molecular weight is 300 g/mol. The molecule has 1 saturated carbocycles. The minimum Gasteiger partial charge on any atom is -0.320 e. The normalized spacial score (nSPS) is 21.2. The number of benzene rings is 1. The number of nitrogens with one attached hydrogen (secondary N) is 1. The van der Waals surface area contributed by atoms with Crippen LogP contribution in [0.2, 0.25) is 0 Å². The number of rotatable bonds is 3. The quantitative estimate of drug-likeness (QED) is 0.817. The van der Waals surface area contributed by atoms with E-state index in [1.54, 1.807) is 0 Å². The molecule has 0 heterocycles. The van der Waals surface area contributed by atoms with Crippen molar-refractivity contribution >= 4 is 10.0 Å². The Bertz CT molecular complexity index is 692. The molecular formula is C13H14F2N2O2S. The molecule has 0 radical (unpaired) electrons. The van der Waals surface area contributed by atoms with Gasteiger partial charge in [0.2, 0.25) is 10.0 Å². The van der Waals surface area contributed by atoms with Gasteiger partial charge in [-0.3, -0.25) is 0 Å². The number of hydrogen-bond acceptors (Lipinski definition) is 3. The fourth-order valence-corrected chi connectivity index (χ4v) is 3.38. The molecule has 1 fully saturated rings. The Morgan fingerprint density at radius 2 is 2.10 bits per heavy atom. The van der Waals surface area contributed by atoms with Gasteiger partial charge in [-0.05, 0) is 18.4 Å². The summed E-state index contributed by atoms with van der Waals surface area (Å²) in [7, 11) is -4.07. The van der Waals surface area contributed by atoms with Crippen LogP contribution in [0.1, 0.15) is 18.9 Å². The molecule has 108 valence electrons. The van der Waals surface area contributed by atoms with E-state index in [4.69, 9.17) is 5.73 Å². The minimum absolute atomic E-state index is 0.0370. The maximum Gasteiger partial charge on any atom is 0.245 e. The Balaban J connectivity index is 2.48. The molecule has 1 aliphatic rings. The SMILES string of the molecule is CC1CC1NS(=O)(=O)c1c(F)cc(F)cc1C#CCN. The van der Waals surface area contributed by atoms with E-state index < -0.39 is 26.6 Å². The third kappa shape index (κ3) is 3.15. The van der Waals surface area contributed by atoms with E-state index in [0.717, 1.165) is 6.07 Å². The second kappa shape index (κ2) is 5.48. The molecule has 0 aromatic heterocycles. The van der Waals surface area contributed by atoms with Gasteiger partial charge in [0.15, 0.2) is 0 Å². The summed E-state index contributed by atoms with van der Waals surface area (Å²) in [5.41, 5.74) is 4.97. The van der Waals surface area contributed by atoms with Gasteiger partial charge >= 0.3 is 0 Å². The van der Waals surface area contributed by atoms with E-state index in [2.05, 4.69) is 16.6 Å². The molecule has 0 saturated heterocycles. The zero-order chi connectivity index (χ0) is 14.9. The third-order valence-electron chi connectivity index (χ3n) is 3.02. The lowest BCUT2D eigenvalue weighted by Gasteiger charge is -2.09. The fraction of sp³-hybridized carbons (Fsp3) is 0.385. The van der Waals surface area contributed by atoms with Gasteiger partial charge in [0.25, 0.3) is 0 Å². The van der Waals surface area contributed by atoms with Crippen LogP contribution < -0.4 is 10.5 Å². The minimum atomic E-state index is -4.07. The van der Waals surface area contributed by atoms with Crippen LogP contribution in [-0.4, -0.2) is 21.0 Å². The van der Waals surface area contributed by atoms with Crippen molar-refractivity contribution in [2.45, 2.75) is 24.3 Å². The van der Waals surface area contributed by atoms with Gasteiger partial charge in [0.05, 0.1) is 12.1 Å². The summed E-state index contributed by atoms with van der Waals surface area (Å²) in [6.45, 7) is 1.84. The molecule has 2 unspecified atom stereocenters. The zero-order valence-corrected chi connectivity index (χ0v) is 11.6. The highest BCUT2D eigenvalue weighted by Gasteiger charge is 2.38. The Hall–Kier alpha value is -1.49. The summed E-state index contributed by atoms with van der Waals surface area (Å²) >= 11 is 0. The van der Waals surface area contributed by atoms with Crippen molar-refractivity contribution < 1.29 is 17.2 Å². The second-order valence-corrected chi connectivity index (χ2v) is 6.36. The number of hydrogen-bond donors (Lipinski definition) is 2. The topological polar surface area (TPSA) is 72.2 Å². The first kappa shape index (κ1) is 14.9. The lowest BCUT2D eigenvalue weighted by molar-refractivity contribution is 0.540. The molecule has 2 atom stereocenters. The van der Waals surface area contributed by atoms with Gasteiger partial charge in [-0.2, -0.15) is 0 Å². The van der Waals surface area contributed by atoms with Crippen molar-refractivity contribution in [1.82, 2.24) is 4.72 Å². The van der Waals surface area contributed by atoms with Crippen LogP contribution in [0.3, 0.4) is 0 Å². The molecule has 0 amide bonds. The van der Waals surface area contributed by atoms with Crippen LogP contribution in [0.15, 0.2) is 17.0 Å². The summed E-state index contributed by atoms with van der Waals surface area (Å²) in [4.78, 5) is -0.626. The summed E-state index contributed by atoms with van der Waals surface area (Å²) in [5.74, 6) is 2.96. The highest BCUT2D eigenvalue weighted by atomic mass is 32.2. The molecule has 2 rings (SSSR count). The van der Waals surface area contributed by atoms with Crippen LogP contribution in [0, 0.1) is 29.4 Å². The lowest BCUT2D eigenvalue weighted by Crippen LogP contribution is -2.28. The van der Waals surface area contributed by atoms with Crippen LogP contribution in [0.25, 0.3) is 0 Å². The largest absolute Gasteiger partial charge is 0.320 e. The second-order valence-electron chi connectivity index (χ2n) is 4.71. The first-order valence-corrected chi connectivity index (χ1v) is 7.54. The average Bonchev–Trinajstić information content (AvgIpc) is 2.99. The molecule has 0 spiro atoms. The maximum absolute atomic E-state index is 13.8. The van der Waals surface area contributed by atoms with Gasteiger partial charge in [0.1, 0.15) is 16.5 Å². The van der Waals surface area contributed by atoms with E-state index in [9.17, 15) is 17.2 Å². The molecule has 1 aliphatic carbocycles. The molecule has 7 heteroatoms. The summed E-state index contributed by atoms with van der Waals surface area (Å²) in [6.07, 6.45) is 0.700. The fourth-order valence-electron chi connectivity index (χ4n) is 1.82. The lowest BCUT2D eigenvalue weighted by atomic mass is 10.2. The smallest absolute Gasteiger partial charge is 0.245 e. The van der Waals surface area contributed by atoms with Gasteiger partial charge in [-0.1, -0.05) is 18.8 Å². The molecule has 20 heavy (non-hydrogen) atoms. The van der Waals surface area contributed by atoms with E-state index in [1.807, 2.05) is 6.92 Å². The van der Waals surface area contributed by atoms with Gasteiger partial charge in [-0.25, -0.2) is 21.9 Å². The van der Waals surface area contributed by atoms with Crippen molar-refractivity contribution in [3.8, 4) is 11.8 Å². The molecule has 0 bridgehead atoms. The monoisotopic (exact) mass is 300 g/mol. The van der Waals surface area contributed by atoms with E-state index in [0.29, 0.717) is 12.5 Å². The number of nitrogens with two attached hydrogens (primary N) is 1. The third-order valence-corrected chi connectivity index (χ3v) is 4.58. The van der Waals surface area contributed by atoms with Crippen molar-refractivity contribution in [1.29, 1.82) is 0 Å². The number of halogens is 2. The van der Waals surface area contributed by atoms with Crippen LogP contribution in [0.4, 0.5) is 8.78 Å². The van der Waals surface area contributed by atoms with E-state index >= 15 is 0 Å². The molecule has 4 nitrogen and oxygen atoms in total. The predicted molar refractivity (Wildman–Crippen MR) is 70.2 cm³/mol. The molecule has 3 N–H and O–H groups in total. The van der Waals surface area contributed by atoms with Gasteiger partial charge in [0, 0.05) is 12.1 Å². The van der Waals surface area contributed by atoms with Gasteiger partial charge in [-0.15, -0.1) is 0 Å². The standard InChI is InChI=1S/C13H14F2N2O2S/c1-8-5-12(8)17-20(18,19)13-9(3-2-4-16)6-10(14)7-11(13)15/h6-8,12,17H,4-5,16H2,1H3. The van der Waals surface area contributed by atoms with Crippen LogP contribution in [0.5, 0.6) is 0 Å². The summed E-state index contributed by atoms with van der Waals surface area (Å²) in [5, 5.41) is 0. The van der Waals surface area contributed by atoms with Crippen molar-refractivity contribution in [3.63, 3.8) is 0 Å². The van der Waals surface area contributed by atoms with Gasteiger partial charge < -0.3 is 5.73 Å². The summed E-state index contributed by atoms with van der Waals surface area (Å²) in [6, 6.07) is 1.20. The predicted octanol–water partition coefficient (Wildman–Crippen LogP) is 0.962. The zero-order valence-electron chi connectivity index (χ0n) is 10.8. The molecule has 0 aliphatic heterocycles. The maximum atomic E-state index is 13.8. The van der Waals surface area contributed by atoms with E-state index in [-0.39, 0.29) is 24.1 Å². The first-order chi connectivity index (χ1) is 9.35. The molecule has 1 aromatic carbocycles. The Morgan fingerprint density at radius 1 is 1.45 bits per heavy atom. The van der Waals surface area contributed by atoms with Crippen molar-refractivity contribution in [2.75, 3.05) is 6.54 Å². The molecule has 1 aromatic rings. The highest BCUT2D eigenvalue weighted by molar-refractivity contribution is 7.89. The first-order valence-electron chi connectivity index (χ1n) is 6.05. The molecular weight excluding hydrogens is 286 g/mol. The van der Waals surface area contributed by atoms with Crippen LogP contribution >= 0.6 is 0 Å². The Morgan fingerprint density at radius 3 is 2.65 bits per heavy atom. The Labute approximate surface area is 116 Å². The highest BCUT2D eigenvalue weighted by Crippen LogP contribution is 2.31. The van der Waals surface area contributed by atoms with Crippen molar-refractivity contribution in [3.05, 3.63) is 29.3 Å². The Kier molecular flexibility index (Phi) is 4.09. The summed E-state index contributed by atoms with van der Waals surface area (Å²) < 4.78 is 53.8. The van der Waals surface area contributed by atoms with Crippen LogP contribution in [-0.2, 0) is 10.0 Å². The number of sulfonamides is 1. The van der Waals surface area contributed by atoms with E-state index in [1.165, 1.54) is 0 Å².